The Labute approximate surface area is 601 Å². The number of carboxylic acid groups (broad SMARTS) is 10. The van der Waals surface area contributed by atoms with E-state index in [9.17, 15) is 109 Å². The number of carbonyl (C=O) groups is 12. The maximum Gasteiger partial charge on any atom is 3.00 e. The van der Waals surface area contributed by atoms with Crippen LogP contribution in [0.3, 0.4) is 0 Å². The van der Waals surface area contributed by atoms with Crippen molar-refractivity contribution in [2.45, 2.75) is 50.2 Å². The van der Waals surface area contributed by atoms with Gasteiger partial charge in [-0.2, -0.15) is 0 Å². The summed E-state index contributed by atoms with van der Waals surface area (Å²) in [5.74, 6) is -14.8. The van der Waals surface area contributed by atoms with Crippen molar-refractivity contribution in [3.8, 4) is 0 Å². The SMILES string of the molecule is NC(=O)[C@@H](CCCCNC(=S)Nc1ccc(C[C@@H](CN(CCN(CC(=O)O)CC(=O)O)CC(=O)O)N(CC(=O)O)CC(=O)O)cc1)NC(=O)CNC(=S)Nc1ccc(C[C@@H](CN(CCN(CC(=O)O)CC(=O)O)CC(=O)O)N(CC(=O)O)CC(=O)O)cc1.O.O.[Gd+3].[Gd+3]. The van der Waals surface area contributed by atoms with Gasteiger partial charge in [-0.25, -0.2) is 0 Å². The molecule has 0 aliphatic rings. The zero-order chi connectivity index (χ0) is 66.0. The molecule has 0 aromatic heterocycles. The average Bonchev–Trinajstić information content (AvgIpc) is 1.79. The predicted octanol–water partition coefficient (Wildman–Crippen LogP) is -5.07. The maximum atomic E-state index is 12.9. The Hall–Kier alpha value is -6.21. The molecule has 0 spiro atoms. The predicted molar refractivity (Wildman–Crippen MR) is 324 cm³/mol. The van der Waals surface area contributed by atoms with Crippen molar-refractivity contribution >= 4 is 118 Å². The van der Waals surface area contributed by atoms with Gasteiger partial charge in [0.1, 0.15) is 6.04 Å². The van der Waals surface area contributed by atoms with Gasteiger partial charge in [-0.3, -0.25) is 86.9 Å². The normalized spacial score (nSPS) is 11.7. The molecular formula is C52H78Gd2N12O24S2+6. The zero-order valence-corrected chi connectivity index (χ0v) is 55.4. The van der Waals surface area contributed by atoms with E-state index in [2.05, 4.69) is 26.6 Å². The molecule has 36 nitrogen and oxygen atoms in total. The van der Waals surface area contributed by atoms with Gasteiger partial charge >= 0.3 is 140 Å². The second-order valence-electron chi connectivity index (χ2n) is 20.0. The van der Waals surface area contributed by atoms with E-state index in [1.807, 2.05) is 0 Å². The summed E-state index contributed by atoms with van der Waals surface area (Å²) < 4.78 is 0. The van der Waals surface area contributed by atoms with E-state index in [0.717, 1.165) is 19.6 Å². The van der Waals surface area contributed by atoms with E-state index in [1.165, 1.54) is 9.80 Å². The number of nitrogens with one attached hydrogen (secondary N) is 5. The number of nitrogens with two attached hydrogens (primary N) is 1. The molecule has 0 aliphatic carbocycles. The number of thiocarbonyl (C=S) groups is 2. The Kier molecular flexibility index (Phi) is 47.4. The molecule has 2 aromatic rings. The molecular weight excluding hydrogens is 1560 g/mol. The molecule has 2 radical (unpaired) electrons. The molecule has 0 heterocycles. The smallest absolute Gasteiger partial charge is 0.480 e. The van der Waals surface area contributed by atoms with Crippen LogP contribution in [0.2, 0.25) is 0 Å². The molecule has 0 aliphatic heterocycles. The van der Waals surface area contributed by atoms with Crippen LogP contribution in [0.15, 0.2) is 48.5 Å². The largest absolute Gasteiger partial charge is 3.00 e. The zero-order valence-electron chi connectivity index (χ0n) is 49.3. The fourth-order valence-electron chi connectivity index (χ4n) is 8.86. The number of aliphatic carboxylic acids is 10. The van der Waals surface area contributed by atoms with Crippen molar-refractivity contribution in [3.05, 3.63) is 59.7 Å². The van der Waals surface area contributed by atoms with Crippen molar-refractivity contribution < 1.29 is 199 Å². The Balaban J connectivity index is -0.0000198. The molecule has 3 atom stereocenters. The van der Waals surface area contributed by atoms with Crippen molar-refractivity contribution in [2.75, 3.05) is 128 Å². The summed E-state index contributed by atoms with van der Waals surface area (Å²) >= 11 is 10.8. The Morgan fingerprint density at radius 1 is 0.424 bits per heavy atom. The molecule has 92 heavy (non-hydrogen) atoms. The second-order valence-corrected chi connectivity index (χ2v) is 20.8. The molecule has 2 rings (SSSR count). The number of anilines is 2. The third-order valence-corrected chi connectivity index (χ3v) is 13.1. The summed E-state index contributed by atoms with van der Waals surface area (Å²) in [7, 11) is 0. The molecule has 21 N–H and O–H groups in total. The first kappa shape index (κ1) is 90.0. The van der Waals surface area contributed by atoms with Gasteiger partial charge in [0, 0.05) is 69.3 Å². The molecule has 0 unspecified atom stereocenters. The number of benzene rings is 2. The van der Waals surface area contributed by atoms with Crippen LogP contribution in [0.25, 0.3) is 0 Å². The van der Waals surface area contributed by atoms with E-state index < -0.39 is 155 Å². The van der Waals surface area contributed by atoms with Crippen LogP contribution in [0, 0.1) is 79.9 Å². The minimum atomic E-state index is -1.37. The monoisotopic (exact) mass is 1630 g/mol. The fourth-order valence-corrected chi connectivity index (χ4v) is 9.27. The summed E-state index contributed by atoms with van der Waals surface area (Å²) in [6.45, 7) is -8.07. The molecule has 40 heteroatoms. The summed E-state index contributed by atoms with van der Waals surface area (Å²) in [4.78, 5) is 149. The van der Waals surface area contributed by atoms with E-state index >= 15 is 0 Å². The van der Waals surface area contributed by atoms with Crippen molar-refractivity contribution in [2.24, 2.45) is 5.73 Å². The Bertz CT molecular complexity index is 2700. The van der Waals surface area contributed by atoms with E-state index in [4.69, 9.17) is 30.2 Å². The van der Waals surface area contributed by atoms with Gasteiger partial charge in [0.15, 0.2) is 10.2 Å². The van der Waals surface area contributed by atoms with Crippen LogP contribution < -0.4 is 32.3 Å². The van der Waals surface area contributed by atoms with Gasteiger partial charge in [0.05, 0.1) is 72.0 Å². The number of nitrogens with zero attached hydrogens (tertiary/aromatic N) is 6. The third kappa shape index (κ3) is 42.1. The van der Waals surface area contributed by atoms with E-state index in [1.54, 1.807) is 48.5 Å². The number of hydrogen-bond donors (Lipinski definition) is 16. The molecule has 512 valence electrons. The molecule has 0 bridgehead atoms. The van der Waals surface area contributed by atoms with Gasteiger partial charge in [0.2, 0.25) is 11.8 Å². The van der Waals surface area contributed by atoms with E-state index in [-0.39, 0.29) is 166 Å². The summed E-state index contributed by atoms with van der Waals surface area (Å²) in [6, 6.07) is 10.0. The number of carbonyl (C=O) groups excluding carboxylic acids is 2. The van der Waals surface area contributed by atoms with Crippen LogP contribution in [0.5, 0.6) is 0 Å². The maximum absolute atomic E-state index is 12.9. The van der Waals surface area contributed by atoms with Gasteiger partial charge in [0.25, 0.3) is 0 Å². The van der Waals surface area contributed by atoms with Crippen LogP contribution in [-0.2, 0) is 70.4 Å². The van der Waals surface area contributed by atoms with Crippen molar-refractivity contribution in [1.29, 1.82) is 0 Å². The Morgan fingerprint density at radius 3 is 1.02 bits per heavy atom. The quantitative estimate of drug-likeness (QED) is 0.0218. The first-order valence-electron chi connectivity index (χ1n) is 26.8. The van der Waals surface area contributed by atoms with Crippen LogP contribution in [0.1, 0.15) is 30.4 Å². The second kappa shape index (κ2) is 48.5. The van der Waals surface area contributed by atoms with Crippen LogP contribution >= 0.6 is 24.4 Å². The first-order valence-corrected chi connectivity index (χ1v) is 27.6. The molecule has 2 aromatic carbocycles. The van der Waals surface area contributed by atoms with Crippen LogP contribution in [-0.4, -0.2) is 309 Å². The number of amides is 2. The summed E-state index contributed by atoms with van der Waals surface area (Å²) in [6.07, 6.45) is 1.03. The third-order valence-electron chi connectivity index (χ3n) is 12.6. The number of primary amides is 1. The van der Waals surface area contributed by atoms with Crippen LogP contribution in [0.4, 0.5) is 11.4 Å². The minimum Gasteiger partial charge on any atom is -0.480 e. The van der Waals surface area contributed by atoms with Crippen molar-refractivity contribution in [1.82, 2.24) is 45.3 Å². The molecule has 2 amide bonds. The molecule has 0 fully saturated rings. The first-order chi connectivity index (χ1) is 41.3. The summed E-state index contributed by atoms with van der Waals surface area (Å²) in [5.41, 5.74) is 7.63. The number of unbranched alkanes of at least 4 members (excludes halogenated alkanes) is 1. The van der Waals surface area contributed by atoms with Gasteiger partial charge in [-0.15, -0.1) is 0 Å². The van der Waals surface area contributed by atoms with Gasteiger partial charge < -0.3 is 94.3 Å². The molecule has 0 saturated heterocycles. The Morgan fingerprint density at radius 2 is 0.717 bits per heavy atom. The minimum absolute atomic E-state index is 0. The number of carboxylic acids is 10. The molecule has 0 saturated carbocycles. The average molecular weight is 1630 g/mol. The van der Waals surface area contributed by atoms with Gasteiger partial charge in [-0.1, -0.05) is 24.3 Å². The van der Waals surface area contributed by atoms with Gasteiger partial charge in [-0.05, 0) is 91.9 Å². The number of rotatable bonds is 47. The van der Waals surface area contributed by atoms with Crippen molar-refractivity contribution in [3.63, 3.8) is 0 Å². The topological polar surface area (TPSA) is 576 Å². The summed E-state index contributed by atoms with van der Waals surface area (Å²) in [5, 5.41) is 109. The number of hydrogen-bond acceptors (Lipinski definition) is 20. The fraction of sp³-hybridized carbons (Fsp3) is 0.500. The van der Waals surface area contributed by atoms with E-state index in [0.29, 0.717) is 41.9 Å². The standard InChI is InChI=1S/C52H74N12O22S2.2Gd.2H2O/c53-50(86)38(3-1-2-12-54-51(87)56-34-8-4-32(5-9-34)17-36(63(28-46(78)79)29-47(80)81)20-59(22-40(66)67)13-15-61(24-42(70)71)25-43(72)73)58-39(65)19-55-52(88)57-35-10-6-33(7-11-35)18-37(64(30-48(82)83)31-49(84)85)21-60(23-41(68)69)14-16-62(26-44(74)75)27-45(76)77;;;;/h4-11,36-38H,1-3,12-31H2,(H2,53,86)(H,58,65)(H,66,67)(H,68,69)(H,70,71)(H,72,73)(H,74,75)(H,76,77)(H,78,79)(H,80,81)(H,82,83)(H,84,85)(H2,54,56,87)(H2,55,57,88);;;2*1H2/q;2*+3;;/t36-,37-,38+;;;;/m0..../s1.